The predicted octanol–water partition coefficient (Wildman–Crippen LogP) is 1.97. The van der Waals surface area contributed by atoms with Crippen LogP contribution in [0.3, 0.4) is 0 Å². The number of carbonyl (C=O) groups is 3. The fraction of sp³-hybridized carbons (Fsp3) is 0.560. The summed E-state index contributed by atoms with van der Waals surface area (Å²) < 4.78 is 11.0. The van der Waals surface area contributed by atoms with Gasteiger partial charge in [-0.1, -0.05) is 42.5 Å². The highest BCUT2D eigenvalue weighted by Gasteiger charge is 2.24. The molecule has 1 unspecified atom stereocenters. The van der Waals surface area contributed by atoms with Crippen molar-refractivity contribution in [1.82, 2.24) is 15.5 Å². The molecule has 1 fully saturated rings. The minimum Gasteiger partial charge on any atom is -0.456 e. The monoisotopic (exact) mass is 457 g/mol. The maximum Gasteiger partial charge on any atom is 0.306 e. The van der Waals surface area contributed by atoms with Gasteiger partial charge in [-0.25, -0.2) is 0 Å². The van der Waals surface area contributed by atoms with Gasteiger partial charge in [-0.3, -0.25) is 19.3 Å². The standard InChI is InChI=1S/C25H35N3O5/c29-23(26-12-7-13-28-14-16-32-17-15-28)18-21-10-5-2-6-11-24(30)33-22(19-27-25(21)31)20-8-3-1-4-9-20/h1-5,8-9,21-22H,6-7,10-19H2,(H,26,29)(H,27,31)/t21-,22?/m0/s1. The van der Waals surface area contributed by atoms with Crippen molar-refractivity contribution in [3.05, 3.63) is 48.0 Å². The largest absolute Gasteiger partial charge is 0.456 e. The van der Waals surface area contributed by atoms with Crippen molar-refractivity contribution in [2.45, 2.75) is 38.2 Å². The molecule has 2 N–H and O–H groups in total. The lowest BCUT2D eigenvalue weighted by Gasteiger charge is -2.26. The third kappa shape index (κ3) is 8.98. The summed E-state index contributed by atoms with van der Waals surface area (Å²) >= 11 is 0. The maximum absolute atomic E-state index is 12.9. The summed E-state index contributed by atoms with van der Waals surface area (Å²) in [5.74, 6) is -1.09. The van der Waals surface area contributed by atoms with Crippen LogP contribution >= 0.6 is 0 Å². The number of cyclic esters (lactones) is 1. The number of allylic oxidation sites excluding steroid dienone is 2. The topological polar surface area (TPSA) is 97.0 Å². The van der Waals surface area contributed by atoms with Gasteiger partial charge in [0.2, 0.25) is 11.8 Å². The van der Waals surface area contributed by atoms with E-state index in [1.165, 1.54) is 0 Å². The van der Waals surface area contributed by atoms with Gasteiger partial charge >= 0.3 is 5.97 Å². The minimum atomic E-state index is -0.555. The molecule has 0 aromatic heterocycles. The van der Waals surface area contributed by atoms with Crippen LogP contribution in [0.2, 0.25) is 0 Å². The van der Waals surface area contributed by atoms with Crippen molar-refractivity contribution in [2.24, 2.45) is 5.92 Å². The minimum absolute atomic E-state index is 0.122. The van der Waals surface area contributed by atoms with Gasteiger partial charge in [0.05, 0.1) is 25.7 Å². The van der Waals surface area contributed by atoms with Crippen molar-refractivity contribution in [1.29, 1.82) is 0 Å². The van der Waals surface area contributed by atoms with E-state index >= 15 is 0 Å². The number of rotatable bonds is 7. The van der Waals surface area contributed by atoms with Crippen LogP contribution in [-0.2, 0) is 23.9 Å². The number of morpholine rings is 1. The van der Waals surface area contributed by atoms with E-state index in [2.05, 4.69) is 15.5 Å². The zero-order valence-electron chi connectivity index (χ0n) is 19.2. The van der Waals surface area contributed by atoms with E-state index in [1.54, 1.807) is 0 Å². The molecular weight excluding hydrogens is 422 g/mol. The summed E-state index contributed by atoms with van der Waals surface area (Å²) in [4.78, 5) is 39.9. The number of nitrogens with zero attached hydrogens (tertiary/aromatic N) is 1. The van der Waals surface area contributed by atoms with Crippen LogP contribution in [0, 0.1) is 5.92 Å². The molecule has 0 radical (unpaired) electrons. The van der Waals surface area contributed by atoms with Crippen LogP contribution in [0.25, 0.3) is 0 Å². The summed E-state index contributed by atoms with van der Waals surface area (Å²) in [6.45, 7) is 5.09. The van der Waals surface area contributed by atoms with Crippen LogP contribution < -0.4 is 10.6 Å². The summed E-state index contributed by atoms with van der Waals surface area (Å²) in [5, 5.41) is 5.83. The molecular formula is C25H35N3O5. The van der Waals surface area contributed by atoms with Gasteiger partial charge in [-0.15, -0.1) is 0 Å². The molecule has 2 aliphatic heterocycles. The molecule has 2 aliphatic rings. The van der Waals surface area contributed by atoms with Crippen LogP contribution in [0.5, 0.6) is 0 Å². The first-order valence-electron chi connectivity index (χ1n) is 11.9. The Hall–Kier alpha value is -2.71. The fourth-order valence-corrected chi connectivity index (χ4v) is 3.96. The zero-order chi connectivity index (χ0) is 23.3. The van der Waals surface area contributed by atoms with Crippen LogP contribution in [0.15, 0.2) is 42.5 Å². The third-order valence-electron chi connectivity index (χ3n) is 5.89. The van der Waals surface area contributed by atoms with E-state index in [0.717, 1.165) is 44.8 Å². The number of benzene rings is 1. The second-order valence-corrected chi connectivity index (χ2v) is 8.44. The molecule has 2 heterocycles. The fourth-order valence-electron chi connectivity index (χ4n) is 3.96. The maximum atomic E-state index is 12.9. The van der Waals surface area contributed by atoms with Gasteiger partial charge in [0.15, 0.2) is 0 Å². The Labute approximate surface area is 195 Å². The molecule has 1 saturated heterocycles. The van der Waals surface area contributed by atoms with Gasteiger partial charge < -0.3 is 20.1 Å². The molecule has 0 spiro atoms. The van der Waals surface area contributed by atoms with E-state index < -0.39 is 12.0 Å². The normalized spacial score (nSPS) is 23.0. The summed E-state index contributed by atoms with van der Waals surface area (Å²) in [6, 6.07) is 9.38. The average molecular weight is 458 g/mol. The number of ether oxygens (including phenoxy) is 2. The number of hydrogen-bond donors (Lipinski definition) is 2. The lowest BCUT2D eigenvalue weighted by molar-refractivity contribution is -0.150. The summed E-state index contributed by atoms with van der Waals surface area (Å²) in [6.07, 6.45) is 5.47. The van der Waals surface area contributed by atoms with E-state index in [1.807, 2.05) is 42.5 Å². The Bertz CT molecular complexity index is 792. The molecule has 0 saturated carbocycles. The third-order valence-corrected chi connectivity index (χ3v) is 5.89. The van der Waals surface area contributed by atoms with Gasteiger partial charge in [0, 0.05) is 32.5 Å². The average Bonchev–Trinajstić information content (AvgIpc) is 2.83. The van der Waals surface area contributed by atoms with Gasteiger partial charge in [-0.2, -0.15) is 0 Å². The first-order chi connectivity index (χ1) is 16.1. The smallest absolute Gasteiger partial charge is 0.306 e. The highest BCUT2D eigenvalue weighted by atomic mass is 16.5. The van der Waals surface area contributed by atoms with Crippen molar-refractivity contribution < 1.29 is 23.9 Å². The zero-order valence-corrected chi connectivity index (χ0v) is 19.2. The highest BCUT2D eigenvalue weighted by Crippen LogP contribution is 2.19. The molecule has 8 nitrogen and oxygen atoms in total. The molecule has 180 valence electrons. The van der Waals surface area contributed by atoms with Crippen molar-refractivity contribution in [3.8, 4) is 0 Å². The molecule has 2 atom stereocenters. The molecule has 2 amide bonds. The van der Waals surface area contributed by atoms with Crippen molar-refractivity contribution in [3.63, 3.8) is 0 Å². The number of amides is 2. The predicted molar refractivity (Wildman–Crippen MR) is 124 cm³/mol. The SMILES string of the molecule is O=C(C[C@@H]1CC=CCCC(=O)OC(c2ccccc2)CNC1=O)NCCCN1CCOCC1. The lowest BCUT2D eigenvalue weighted by atomic mass is 9.98. The van der Waals surface area contributed by atoms with Gasteiger partial charge in [0.25, 0.3) is 0 Å². The Morgan fingerprint density at radius 1 is 1.12 bits per heavy atom. The van der Waals surface area contributed by atoms with E-state index in [-0.39, 0.29) is 37.2 Å². The van der Waals surface area contributed by atoms with E-state index in [9.17, 15) is 14.4 Å². The summed E-state index contributed by atoms with van der Waals surface area (Å²) in [5.41, 5.74) is 0.827. The first-order valence-corrected chi connectivity index (χ1v) is 11.9. The highest BCUT2D eigenvalue weighted by molar-refractivity contribution is 5.86. The van der Waals surface area contributed by atoms with Crippen molar-refractivity contribution >= 4 is 17.8 Å². The Kier molecular flexibility index (Phi) is 10.4. The number of carbonyl (C=O) groups excluding carboxylic acids is 3. The van der Waals surface area contributed by atoms with Gasteiger partial charge in [0.1, 0.15) is 6.10 Å². The quantitative estimate of drug-likeness (QED) is 0.369. The number of nitrogens with one attached hydrogen (secondary N) is 2. The molecule has 0 bridgehead atoms. The molecule has 33 heavy (non-hydrogen) atoms. The van der Waals surface area contributed by atoms with E-state index in [0.29, 0.717) is 19.4 Å². The Balaban J connectivity index is 1.51. The number of esters is 1. The molecule has 3 rings (SSSR count). The molecule has 8 heteroatoms. The van der Waals surface area contributed by atoms with Crippen LogP contribution in [0.4, 0.5) is 0 Å². The molecule has 0 aliphatic carbocycles. The van der Waals surface area contributed by atoms with E-state index in [4.69, 9.17) is 9.47 Å². The van der Waals surface area contributed by atoms with Crippen LogP contribution in [0.1, 0.15) is 43.8 Å². The second-order valence-electron chi connectivity index (χ2n) is 8.44. The molecule has 1 aromatic rings. The molecule has 1 aromatic carbocycles. The Morgan fingerprint density at radius 2 is 1.91 bits per heavy atom. The summed E-state index contributed by atoms with van der Waals surface area (Å²) in [7, 11) is 0. The second kappa shape index (κ2) is 13.7. The lowest BCUT2D eigenvalue weighted by Crippen LogP contribution is -2.39. The van der Waals surface area contributed by atoms with Crippen LogP contribution in [-0.4, -0.2) is 68.6 Å². The number of hydrogen-bond acceptors (Lipinski definition) is 6. The Morgan fingerprint density at radius 3 is 2.70 bits per heavy atom. The van der Waals surface area contributed by atoms with Gasteiger partial charge in [-0.05, 0) is 31.4 Å². The van der Waals surface area contributed by atoms with Crippen molar-refractivity contribution in [2.75, 3.05) is 45.9 Å². The first kappa shape index (κ1) is 24.9.